The number of ketones is 1. The predicted octanol–water partition coefficient (Wildman–Crippen LogP) is 5.79. The van der Waals surface area contributed by atoms with Gasteiger partial charge in [0.25, 0.3) is 0 Å². The quantitative estimate of drug-likeness (QED) is 0.350. The Hall–Kier alpha value is -2.39. The Labute approximate surface area is 181 Å². The van der Waals surface area contributed by atoms with Gasteiger partial charge < -0.3 is 9.64 Å². The topological polar surface area (TPSA) is 29.5 Å². The zero-order valence-corrected chi connectivity index (χ0v) is 18.3. The molecule has 160 valence electrons. The molecule has 0 N–H and O–H groups in total. The van der Waals surface area contributed by atoms with Crippen LogP contribution in [-0.2, 0) is 11.2 Å². The number of carbonyl (C=O) groups excluding carboxylic acids is 1. The first-order valence-electron chi connectivity index (χ1n) is 11.4. The molecule has 0 unspecified atom stereocenters. The SMILES string of the molecule is CCCCOc1ccc(/C=C/C(=O)CCN2CCC(Cc3ccccc3)CC2)cc1. The number of carbonyl (C=O) groups is 1. The Morgan fingerprint density at radius 2 is 1.80 bits per heavy atom. The van der Waals surface area contributed by atoms with Crippen LogP contribution in [0.5, 0.6) is 5.75 Å². The van der Waals surface area contributed by atoms with Crippen LogP contribution in [0.2, 0.25) is 0 Å². The van der Waals surface area contributed by atoms with Crippen LogP contribution in [0.4, 0.5) is 0 Å². The first-order valence-corrected chi connectivity index (χ1v) is 11.4. The maximum Gasteiger partial charge on any atom is 0.156 e. The predicted molar refractivity (Wildman–Crippen MR) is 125 cm³/mol. The van der Waals surface area contributed by atoms with E-state index in [9.17, 15) is 4.79 Å². The molecular weight excluding hydrogens is 370 g/mol. The normalized spacial score (nSPS) is 15.5. The number of hydrogen-bond acceptors (Lipinski definition) is 3. The van der Waals surface area contributed by atoms with Gasteiger partial charge in [-0.2, -0.15) is 0 Å². The van der Waals surface area contributed by atoms with E-state index in [2.05, 4.69) is 42.2 Å². The van der Waals surface area contributed by atoms with Crippen LogP contribution in [0.15, 0.2) is 60.7 Å². The van der Waals surface area contributed by atoms with Crippen LogP contribution in [-0.4, -0.2) is 36.9 Å². The fourth-order valence-electron chi connectivity index (χ4n) is 3.91. The molecule has 0 bridgehead atoms. The van der Waals surface area contributed by atoms with Crippen LogP contribution in [0.3, 0.4) is 0 Å². The fraction of sp³-hybridized carbons (Fsp3) is 0.444. The van der Waals surface area contributed by atoms with Crippen LogP contribution < -0.4 is 4.74 Å². The third-order valence-corrected chi connectivity index (χ3v) is 5.86. The molecule has 0 saturated carbocycles. The molecule has 0 aliphatic carbocycles. The summed E-state index contributed by atoms with van der Waals surface area (Å²) in [7, 11) is 0. The summed E-state index contributed by atoms with van der Waals surface area (Å²) in [5, 5.41) is 0. The lowest BCUT2D eigenvalue weighted by Gasteiger charge is -2.31. The lowest BCUT2D eigenvalue weighted by molar-refractivity contribution is -0.114. The molecule has 3 rings (SSSR count). The summed E-state index contributed by atoms with van der Waals surface area (Å²) in [6.07, 6.45) is 10.1. The van der Waals surface area contributed by atoms with Crippen molar-refractivity contribution in [2.75, 3.05) is 26.2 Å². The summed E-state index contributed by atoms with van der Waals surface area (Å²) >= 11 is 0. The van der Waals surface area contributed by atoms with Crippen molar-refractivity contribution in [2.45, 2.75) is 45.4 Å². The van der Waals surface area contributed by atoms with Crippen LogP contribution in [0.1, 0.15) is 50.2 Å². The Morgan fingerprint density at radius 1 is 1.07 bits per heavy atom. The Balaban J connectivity index is 1.34. The summed E-state index contributed by atoms with van der Waals surface area (Å²) < 4.78 is 5.68. The van der Waals surface area contributed by atoms with E-state index >= 15 is 0 Å². The number of nitrogens with zero attached hydrogens (tertiary/aromatic N) is 1. The molecular formula is C27H35NO2. The average Bonchev–Trinajstić information content (AvgIpc) is 2.79. The first-order chi connectivity index (χ1) is 14.7. The minimum Gasteiger partial charge on any atom is -0.494 e. The molecule has 2 aromatic carbocycles. The molecule has 1 saturated heterocycles. The fourth-order valence-corrected chi connectivity index (χ4v) is 3.91. The molecule has 3 nitrogen and oxygen atoms in total. The Kier molecular flexibility index (Phi) is 9.17. The maximum absolute atomic E-state index is 12.3. The van der Waals surface area contributed by atoms with Gasteiger partial charge in [0.05, 0.1) is 6.61 Å². The molecule has 1 aliphatic rings. The zero-order valence-electron chi connectivity index (χ0n) is 18.3. The van der Waals surface area contributed by atoms with Gasteiger partial charge in [0.15, 0.2) is 5.78 Å². The number of hydrogen-bond donors (Lipinski definition) is 0. The molecule has 3 heteroatoms. The Bertz CT molecular complexity index is 774. The standard InChI is InChI=1S/C27H35NO2/c1-2-3-21-30-27-13-10-23(11-14-27)9-12-26(29)17-20-28-18-15-25(16-19-28)22-24-7-5-4-6-8-24/h4-14,25H,2-3,15-22H2,1H3/b12-9+. The third-order valence-electron chi connectivity index (χ3n) is 5.86. The van der Waals surface area contributed by atoms with Crippen molar-refractivity contribution >= 4 is 11.9 Å². The number of ether oxygens (including phenoxy) is 1. The maximum atomic E-state index is 12.3. The molecule has 1 fully saturated rings. The number of likely N-dealkylation sites (tertiary alicyclic amines) is 1. The van der Waals surface area contributed by atoms with Crippen LogP contribution >= 0.6 is 0 Å². The van der Waals surface area contributed by atoms with Crippen molar-refractivity contribution in [1.29, 1.82) is 0 Å². The van der Waals surface area contributed by atoms with Crippen molar-refractivity contribution in [1.82, 2.24) is 4.90 Å². The van der Waals surface area contributed by atoms with Gasteiger partial charge >= 0.3 is 0 Å². The monoisotopic (exact) mass is 405 g/mol. The van der Waals surface area contributed by atoms with Gasteiger partial charge in [-0.05, 0) is 74.0 Å². The van der Waals surface area contributed by atoms with E-state index in [-0.39, 0.29) is 5.78 Å². The molecule has 0 spiro atoms. The summed E-state index contributed by atoms with van der Waals surface area (Å²) in [5.74, 6) is 1.86. The second kappa shape index (κ2) is 12.3. The van der Waals surface area contributed by atoms with Gasteiger partial charge in [-0.1, -0.05) is 61.9 Å². The molecule has 1 aliphatic heterocycles. The minimum absolute atomic E-state index is 0.199. The summed E-state index contributed by atoms with van der Waals surface area (Å²) in [5.41, 5.74) is 2.48. The van der Waals surface area contributed by atoms with E-state index in [1.54, 1.807) is 6.08 Å². The number of piperidine rings is 1. The minimum atomic E-state index is 0.199. The smallest absolute Gasteiger partial charge is 0.156 e. The number of benzene rings is 2. The summed E-state index contributed by atoms with van der Waals surface area (Å²) in [6, 6.07) is 18.7. The van der Waals surface area contributed by atoms with Crippen molar-refractivity contribution < 1.29 is 9.53 Å². The average molecular weight is 406 g/mol. The molecule has 0 atom stereocenters. The van der Waals surface area contributed by atoms with Gasteiger partial charge in [-0.25, -0.2) is 0 Å². The lowest BCUT2D eigenvalue weighted by atomic mass is 9.90. The summed E-state index contributed by atoms with van der Waals surface area (Å²) in [4.78, 5) is 14.7. The molecule has 0 amide bonds. The molecule has 1 heterocycles. The van der Waals surface area contributed by atoms with E-state index in [4.69, 9.17) is 4.74 Å². The van der Waals surface area contributed by atoms with E-state index in [0.717, 1.165) is 56.3 Å². The van der Waals surface area contributed by atoms with E-state index in [1.807, 2.05) is 30.3 Å². The van der Waals surface area contributed by atoms with Crippen molar-refractivity contribution in [3.8, 4) is 5.75 Å². The largest absolute Gasteiger partial charge is 0.494 e. The number of unbranched alkanes of at least 4 members (excludes halogenated alkanes) is 1. The van der Waals surface area contributed by atoms with Crippen LogP contribution in [0.25, 0.3) is 6.08 Å². The molecule has 2 aromatic rings. The van der Waals surface area contributed by atoms with E-state index in [1.165, 1.54) is 24.8 Å². The van der Waals surface area contributed by atoms with E-state index < -0.39 is 0 Å². The number of allylic oxidation sites excluding steroid dienone is 1. The van der Waals surface area contributed by atoms with Gasteiger partial charge in [0.2, 0.25) is 0 Å². The van der Waals surface area contributed by atoms with Gasteiger partial charge in [0, 0.05) is 13.0 Å². The van der Waals surface area contributed by atoms with Gasteiger partial charge in [0.1, 0.15) is 5.75 Å². The van der Waals surface area contributed by atoms with Gasteiger partial charge in [-0.15, -0.1) is 0 Å². The van der Waals surface area contributed by atoms with Crippen molar-refractivity contribution in [3.63, 3.8) is 0 Å². The zero-order chi connectivity index (χ0) is 21.0. The Morgan fingerprint density at radius 3 is 2.50 bits per heavy atom. The van der Waals surface area contributed by atoms with Crippen molar-refractivity contribution in [3.05, 3.63) is 71.8 Å². The highest BCUT2D eigenvalue weighted by Crippen LogP contribution is 2.21. The van der Waals surface area contributed by atoms with Crippen molar-refractivity contribution in [2.24, 2.45) is 5.92 Å². The van der Waals surface area contributed by atoms with E-state index in [0.29, 0.717) is 6.42 Å². The third kappa shape index (κ3) is 7.79. The molecule has 30 heavy (non-hydrogen) atoms. The number of rotatable bonds is 11. The molecule has 0 radical (unpaired) electrons. The van der Waals surface area contributed by atoms with Gasteiger partial charge in [-0.3, -0.25) is 4.79 Å². The highest BCUT2D eigenvalue weighted by Gasteiger charge is 2.19. The first kappa shape index (κ1) is 22.3. The summed E-state index contributed by atoms with van der Waals surface area (Å²) in [6.45, 7) is 5.99. The second-order valence-electron chi connectivity index (χ2n) is 8.30. The van der Waals surface area contributed by atoms with Crippen LogP contribution in [0, 0.1) is 5.92 Å². The second-order valence-corrected chi connectivity index (χ2v) is 8.30. The lowest BCUT2D eigenvalue weighted by Crippen LogP contribution is -2.35. The highest BCUT2D eigenvalue weighted by molar-refractivity contribution is 5.93. The molecule has 0 aromatic heterocycles. The highest BCUT2D eigenvalue weighted by atomic mass is 16.5.